The van der Waals surface area contributed by atoms with Crippen LogP contribution in [-0.4, -0.2) is 114 Å². The second kappa shape index (κ2) is 12.1. The zero-order chi connectivity index (χ0) is 29.6. The Bertz CT molecular complexity index is 1290. The second-order valence-corrected chi connectivity index (χ2v) is 13.2. The smallest absolute Gasteiger partial charge is 0.458 e. The molecule has 40 heavy (non-hydrogen) atoms. The van der Waals surface area contributed by atoms with Crippen molar-refractivity contribution in [2.45, 2.75) is 61.2 Å². The van der Waals surface area contributed by atoms with Gasteiger partial charge in [-0.05, 0) is 11.8 Å². The lowest BCUT2D eigenvalue weighted by Gasteiger charge is -2.41. The molecule has 0 amide bonds. The molecule has 4 rings (SSSR count). The molecule has 0 bridgehead atoms. The van der Waals surface area contributed by atoms with Gasteiger partial charge in [0.25, 0.3) is 0 Å². The van der Waals surface area contributed by atoms with E-state index in [0.717, 1.165) is 0 Å². The minimum atomic E-state index is -5.46. The minimum Gasteiger partial charge on any atom is -0.458 e. The number of anilines is 1. The maximum absolute atomic E-state index is 13.9. The van der Waals surface area contributed by atoms with E-state index in [4.69, 9.17) is 46.8 Å². The van der Waals surface area contributed by atoms with Gasteiger partial charge in [0.1, 0.15) is 54.6 Å². The average molecular weight is 636 g/mol. The molecular formula is C18H27FN4O14P2S. The van der Waals surface area contributed by atoms with Gasteiger partial charge in [-0.15, -0.1) is 0 Å². The lowest BCUT2D eigenvalue weighted by atomic mass is 9.96. The molecule has 0 aromatic carbocycles. The summed E-state index contributed by atoms with van der Waals surface area (Å²) in [7, 11) is -5.46. The molecule has 2 aromatic rings. The molecule has 7 unspecified atom stereocenters. The molecule has 226 valence electrons. The number of halogens is 1. The summed E-state index contributed by atoms with van der Waals surface area (Å²) in [5.41, 5.74) is 12.6. The maximum atomic E-state index is 13.9. The first-order valence-corrected chi connectivity index (χ1v) is 15.5. The van der Waals surface area contributed by atoms with Gasteiger partial charge in [-0.3, -0.25) is 4.52 Å². The van der Waals surface area contributed by atoms with Crippen molar-refractivity contribution >= 4 is 43.3 Å². The van der Waals surface area contributed by atoms with Gasteiger partial charge in [0.05, 0.1) is 25.5 Å². The number of fused-ring (bicyclic) bond motifs is 1. The van der Waals surface area contributed by atoms with Crippen LogP contribution < -0.4 is 11.5 Å². The van der Waals surface area contributed by atoms with E-state index in [1.54, 1.807) is 0 Å². The fraction of sp³-hybridized carbons (Fsp3) is 0.667. The molecule has 2 aliphatic heterocycles. The largest absolute Gasteiger partial charge is 0.481 e. The van der Waals surface area contributed by atoms with Gasteiger partial charge < -0.3 is 65.2 Å². The van der Waals surface area contributed by atoms with Crippen LogP contribution in [0.1, 0.15) is 11.7 Å². The molecule has 11 N–H and O–H groups in total. The van der Waals surface area contributed by atoms with E-state index in [1.165, 1.54) is 12.6 Å². The van der Waals surface area contributed by atoms with Gasteiger partial charge in [-0.1, -0.05) is 0 Å². The Morgan fingerprint density at radius 1 is 1.12 bits per heavy atom. The normalized spacial score (nSPS) is 36.8. The number of aliphatic hydroxyl groups excluding tert-OH is 5. The van der Waals surface area contributed by atoms with Gasteiger partial charge in [0.15, 0.2) is 23.9 Å². The predicted octanol–water partition coefficient (Wildman–Crippen LogP) is -2.56. The summed E-state index contributed by atoms with van der Waals surface area (Å²) in [6, 6.07) is -1.05. The zero-order valence-electron chi connectivity index (χ0n) is 20.1. The number of phosphoric ester groups is 1. The molecule has 0 saturated carbocycles. The van der Waals surface area contributed by atoms with Crippen LogP contribution in [0.3, 0.4) is 0 Å². The van der Waals surface area contributed by atoms with Gasteiger partial charge >= 0.3 is 14.5 Å². The number of nitrogens with zero attached hydrogens (tertiary/aromatic N) is 2. The van der Waals surface area contributed by atoms with Gasteiger partial charge in [-0.2, -0.15) is 0 Å². The van der Waals surface area contributed by atoms with Gasteiger partial charge in [0.2, 0.25) is 0 Å². The van der Waals surface area contributed by atoms with E-state index in [2.05, 4.69) is 18.8 Å². The molecule has 2 aromatic heterocycles. The SMILES string of the molecule is Nc1ncnc2c([C@@H]3O[C@H](COP(O)(=S)OP(=O)(O)OC4OC([C@@H](F)CO)C(O)C(O)C4O)[C@@H](O)[C@H]3N)coc12. The number of hydrogen-bond acceptors (Lipinski definition) is 17. The first-order valence-electron chi connectivity index (χ1n) is 11.4. The standard InChI is InChI=1S/C18H27FN4O14P2S/c19-6(1-24)15-12(27)11(26)13(28)18(35-15)36-38(29,30)37-39(31,40)33-3-7-10(25)8(20)14(34-7)5-2-32-16-9(5)22-4-23-17(16)21/h2,4,6-8,10-15,18,24-28H,1,3,20H2,(H,29,30)(H,31,40)(H2,21,22,23)/t6-,7+,8+,10+,11?,12?,13?,14-,15?,18?,39?/m0/s1. The highest BCUT2D eigenvalue weighted by Gasteiger charge is 2.50. The quantitative estimate of drug-likeness (QED) is 0.121. The lowest BCUT2D eigenvalue weighted by molar-refractivity contribution is -0.287. The van der Waals surface area contributed by atoms with Crippen molar-refractivity contribution in [3.63, 3.8) is 0 Å². The molecular weight excluding hydrogens is 609 g/mol. The van der Waals surface area contributed by atoms with E-state index in [1.807, 2.05) is 0 Å². The molecule has 2 saturated heterocycles. The average Bonchev–Trinajstić information content (AvgIpc) is 3.43. The topological polar surface area (TPSA) is 296 Å². The minimum absolute atomic E-state index is 0.0577. The Morgan fingerprint density at radius 2 is 1.82 bits per heavy atom. The summed E-state index contributed by atoms with van der Waals surface area (Å²) >= 11 is 4.71. The van der Waals surface area contributed by atoms with Crippen LogP contribution >= 0.6 is 14.5 Å². The lowest BCUT2D eigenvalue weighted by Crippen LogP contribution is -2.60. The Morgan fingerprint density at radius 3 is 2.50 bits per heavy atom. The molecule has 2 aliphatic rings. The fourth-order valence-electron chi connectivity index (χ4n) is 4.13. The summed E-state index contributed by atoms with van der Waals surface area (Å²) in [5, 5.41) is 49.2. The third-order valence-electron chi connectivity index (χ3n) is 6.14. The van der Waals surface area contributed by atoms with Crippen LogP contribution in [0.4, 0.5) is 10.2 Å². The Kier molecular flexibility index (Phi) is 9.60. The Balaban J connectivity index is 1.38. The number of aliphatic hydroxyl groups is 5. The number of alkyl halides is 1. The molecule has 12 atom stereocenters. The molecule has 2 fully saturated rings. The van der Waals surface area contributed by atoms with E-state index in [9.17, 15) is 39.2 Å². The first-order chi connectivity index (χ1) is 18.7. The number of rotatable bonds is 10. The summed E-state index contributed by atoms with van der Waals surface area (Å²) in [6.07, 6.45) is -14.0. The molecule has 18 nitrogen and oxygen atoms in total. The highest BCUT2D eigenvalue weighted by molar-refractivity contribution is 8.08. The third kappa shape index (κ3) is 6.52. The van der Waals surface area contributed by atoms with Crippen LogP contribution in [0, 0.1) is 0 Å². The monoisotopic (exact) mass is 636 g/mol. The highest BCUT2D eigenvalue weighted by atomic mass is 32.5. The fourth-order valence-corrected chi connectivity index (χ4v) is 7.23. The molecule has 0 spiro atoms. The molecule has 4 heterocycles. The summed E-state index contributed by atoms with van der Waals surface area (Å²) < 4.78 is 56.4. The number of phosphoric acid groups is 1. The molecule has 22 heteroatoms. The van der Waals surface area contributed by atoms with Crippen LogP contribution in [0.5, 0.6) is 0 Å². The van der Waals surface area contributed by atoms with Crippen LogP contribution in [-0.2, 0) is 39.2 Å². The van der Waals surface area contributed by atoms with E-state index >= 15 is 0 Å². The van der Waals surface area contributed by atoms with Crippen molar-refractivity contribution in [2.75, 3.05) is 18.9 Å². The number of nitrogens with two attached hydrogens (primary N) is 2. The second-order valence-electron chi connectivity index (χ2n) is 8.85. The third-order valence-corrected chi connectivity index (χ3v) is 9.66. The predicted molar refractivity (Wildman–Crippen MR) is 131 cm³/mol. The summed E-state index contributed by atoms with van der Waals surface area (Å²) in [6.45, 7) is -6.50. The summed E-state index contributed by atoms with van der Waals surface area (Å²) in [4.78, 5) is 28.2. The first kappa shape index (κ1) is 31.6. The van der Waals surface area contributed by atoms with Crippen molar-refractivity contribution in [3.8, 4) is 0 Å². The van der Waals surface area contributed by atoms with Crippen molar-refractivity contribution in [1.82, 2.24) is 9.97 Å². The number of hydrogen-bond donors (Lipinski definition) is 9. The molecule has 0 radical (unpaired) electrons. The Hall–Kier alpha value is -1.29. The van der Waals surface area contributed by atoms with E-state index in [-0.39, 0.29) is 16.9 Å². The summed E-state index contributed by atoms with van der Waals surface area (Å²) in [5.74, 6) is 0.0577. The number of nitrogen functional groups attached to an aromatic ring is 1. The number of aromatic nitrogens is 2. The van der Waals surface area contributed by atoms with Crippen molar-refractivity contribution in [3.05, 3.63) is 18.2 Å². The highest BCUT2D eigenvalue weighted by Crippen LogP contribution is 2.61. The van der Waals surface area contributed by atoms with Crippen molar-refractivity contribution < 1.29 is 71.5 Å². The van der Waals surface area contributed by atoms with Crippen LogP contribution in [0.15, 0.2) is 17.0 Å². The van der Waals surface area contributed by atoms with Gasteiger partial charge in [0, 0.05) is 5.56 Å². The van der Waals surface area contributed by atoms with Gasteiger partial charge in [-0.25, -0.2) is 23.2 Å². The van der Waals surface area contributed by atoms with E-state index < -0.39 is 89.0 Å². The number of furan rings is 1. The van der Waals surface area contributed by atoms with Crippen molar-refractivity contribution in [2.24, 2.45) is 5.73 Å². The van der Waals surface area contributed by atoms with E-state index in [0.29, 0.717) is 5.56 Å². The van der Waals surface area contributed by atoms with Crippen molar-refractivity contribution in [1.29, 1.82) is 0 Å². The Labute approximate surface area is 229 Å². The maximum Gasteiger partial charge on any atom is 0.481 e. The zero-order valence-corrected chi connectivity index (χ0v) is 22.7. The molecule has 0 aliphatic carbocycles. The number of ether oxygens (including phenoxy) is 2. The van der Waals surface area contributed by atoms with Crippen LogP contribution in [0.25, 0.3) is 11.1 Å². The van der Waals surface area contributed by atoms with Crippen LogP contribution in [0.2, 0.25) is 0 Å².